The van der Waals surface area contributed by atoms with Crippen molar-refractivity contribution in [1.82, 2.24) is 15.3 Å². The second-order valence-electron chi connectivity index (χ2n) is 3.02. The molecule has 0 aromatic carbocycles. The van der Waals surface area contributed by atoms with E-state index in [0.29, 0.717) is 0 Å². The number of hydrogen-bond acceptors (Lipinski definition) is 4. The van der Waals surface area contributed by atoms with Crippen molar-refractivity contribution in [2.75, 3.05) is 6.54 Å². The summed E-state index contributed by atoms with van der Waals surface area (Å²) in [6.45, 7) is 1.57. The quantitative estimate of drug-likeness (QED) is 0.724. The zero-order chi connectivity index (χ0) is 11.3. The Labute approximate surface area is 86.4 Å². The monoisotopic (exact) mass is 209 g/mol. The number of hydrogen-bond donors (Lipinski definition) is 2. The topological polar surface area (TPSA) is 92.2 Å². The van der Waals surface area contributed by atoms with Gasteiger partial charge in [-0.25, -0.2) is 9.97 Å². The first kappa shape index (κ1) is 11.1. The third kappa shape index (κ3) is 3.34. The lowest BCUT2D eigenvalue weighted by Gasteiger charge is -2.06. The predicted molar refractivity (Wildman–Crippen MR) is 51.2 cm³/mol. The van der Waals surface area contributed by atoms with Crippen LogP contribution in [0.1, 0.15) is 17.5 Å². The molecule has 0 spiro atoms. The molecule has 1 unspecified atom stereocenters. The maximum atomic E-state index is 11.3. The van der Waals surface area contributed by atoms with Gasteiger partial charge < -0.3 is 10.4 Å². The largest absolute Gasteiger partial charge is 0.481 e. The van der Waals surface area contributed by atoms with E-state index in [1.54, 1.807) is 6.07 Å². The normalized spacial score (nSPS) is 11.8. The number of carbonyl (C=O) groups excluding carboxylic acids is 1. The van der Waals surface area contributed by atoms with Crippen LogP contribution in [0, 0.1) is 5.92 Å². The number of nitrogens with one attached hydrogen (secondary N) is 1. The molecule has 15 heavy (non-hydrogen) atoms. The molecule has 6 heteroatoms. The van der Waals surface area contributed by atoms with Crippen LogP contribution in [-0.4, -0.2) is 33.5 Å². The molecule has 0 fully saturated rings. The summed E-state index contributed by atoms with van der Waals surface area (Å²) in [7, 11) is 0. The van der Waals surface area contributed by atoms with Gasteiger partial charge in [0.05, 0.1) is 5.92 Å². The van der Waals surface area contributed by atoms with Crippen LogP contribution in [0.25, 0.3) is 0 Å². The molecule has 0 bridgehead atoms. The number of aliphatic carboxylic acids is 1. The first-order valence-corrected chi connectivity index (χ1v) is 4.39. The fraction of sp³-hybridized carbons (Fsp3) is 0.333. The highest BCUT2D eigenvalue weighted by Crippen LogP contribution is 1.93. The van der Waals surface area contributed by atoms with Crippen LogP contribution >= 0.6 is 0 Å². The van der Waals surface area contributed by atoms with E-state index in [1.807, 2.05) is 0 Å². The molecule has 2 N–H and O–H groups in total. The lowest BCUT2D eigenvalue weighted by atomic mass is 10.2. The number of carboxylic acids is 1. The van der Waals surface area contributed by atoms with Crippen molar-refractivity contribution in [2.24, 2.45) is 5.92 Å². The lowest BCUT2D eigenvalue weighted by molar-refractivity contribution is -0.140. The van der Waals surface area contributed by atoms with E-state index in [0.717, 1.165) is 0 Å². The average molecular weight is 209 g/mol. The third-order valence-electron chi connectivity index (χ3n) is 1.76. The van der Waals surface area contributed by atoms with Crippen LogP contribution in [0.5, 0.6) is 0 Å². The Morgan fingerprint density at radius 1 is 1.47 bits per heavy atom. The van der Waals surface area contributed by atoms with E-state index in [-0.39, 0.29) is 12.4 Å². The van der Waals surface area contributed by atoms with Crippen LogP contribution < -0.4 is 5.32 Å². The minimum absolute atomic E-state index is 0.0371. The first-order valence-electron chi connectivity index (χ1n) is 4.39. The van der Waals surface area contributed by atoms with Gasteiger partial charge in [-0.05, 0) is 6.07 Å². The number of carbonyl (C=O) groups is 2. The minimum Gasteiger partial charge on any atom is -0.481 e. The van der Waals surface area contributed by atoms with Crippen LogP contribution in [0.3, 0.4) is 0 Å². The highest BCUT2D eigenvalue weighted by Gasteiger charge is 2.13. The standard InChI is InChI=1S/C9H11N3O3/c1-6(9(14)15)5-12-8(13)7-10-3-2-4-11-7/h2-4,6H,5H2,1H3,(H,12,13)(H,14,15). The van der Waals surface area contributed by atoms with E-state index in [9.17, 15) is 9.59 Å². The van der Waals surface area contributed by atoms with Crippen LogP contribution in [0.2, 0.25) is 0 Å². The molecule has 0 radical (unpaired) electrons. The summed E-state index contributed by atoms with van der Waals surface area (Å²) < 4.78 is 0. The summed E-state index contributed by atoms with van der Waals surface area (Å²) in [4.78, 5) is 29.3. The van der Waals surface area contributed by atoms with E-state index < -0.39 is 17.8 Å². The summed E-state index contributed by atoms with van der Waals surface area (Å²) in [5.74, 6) is -2.01. The maximum Gasteiger partial charge on any atom is 0.308 e. The van der Waals surface area contributed by atoms with Crippen molar-refractivity contribution in [2.45, 2.75) is 6.92 Å². The average Bonchev–Trinajstić information content (AvgIpc) is 2.26. The second-order valence-corrected chi connectivity index (χ2v) is 3.02. The summed E-state index contributed by atoms with van der Waals surface area (Å²) in [5.41, 5.74) is 0. The summed E-state index contributed by atoms with van der Waals surface area (Å²) in [6, 6.07) is 1.59. The number of amides is 1. The molecule has 0 aliphatic carbocycles. The Kier molecular flexibility index (Phi) is 3.73. The zero-order valence-electron chi connectivity index (χ0n) is 8.17. The Hall–Kier alpha value is -1.98. The van der Waals surface area contributed by atoms with Gasteiger partial charge in [-0.2, -0.15) is 0 Å². The van der Waals surface area contributed by atoms with Gasteiger partial charge in [0.2, 0.25) is 5.82 Å². The molecule has 0 saturated heterocycles. The molecule has 1 aromatic rings. The van der Waals surface area contributed by atoms with Crippen molar-refractivity contribution in [1.29, 1.82) is 0 Å². The van der Waals surface area contributed by atoms with Gasteiger partial charge >= 0.3 is 5.97 Å². The lowest BCUT2D eigenvalue weighted by Crippen LogP contribution is -2.32. The van der Waals surface area contributed by atoms with Crippen molar-refractivity contribution in [3.63, 3.8) is 0 Å². The van der Waals surface area contributed by atoms with Crippen molar-refractivity contribution >= 4 is 11.9 Å². The van der Waals surface area contributed by atoms with E-state index >= 15 is 0 Å². The molecule has 1 aromatic heterocycles. The minimum atomic E-state index is -0.954. The molecule has 6 nitrogen and oxygen atoms in total. The third-order valence-corrected chi connectivity index (χ3v) is 1.76. The van der Waals surface area contributed by atoms with Gasteiger partial charge in [-0.15, -0.1) is 0 Å². The van der Waals surface area contributed by atoms with Crippen molar-refractivity contribution < 1.29 is 14.7 Å². The zero-order valence-corrected chi connectivity index (χ0v) is 8.17. The number of carboxylic acid groups (broad SMARTS) is 1. The molecule has 1 amide bonds. The molecule has 1 heterocycles. The van der Waals surface area contributed by atoms with E-state index in [2.05, 4.69) is 15.3 Å². The SMILES string of the molecule is CC(CNC(=O)c1ncccn1)C(=O)O. The molecule has 0 saturated carbocycles. The second kappa shape index (κ2) is 5.04. The first-order chi connectivity index (χ1) is 7.11. The molecule has 1 rings (SSSR count). The van der Waals surface area contributed by atoms with E-state index in [4.69, 9.17) is 5.11 Å². The van der Waals surface area contributed by atoms with Crippen molar-refractivity contribution in [3.8, 4) is 0 Å². The molecule has 80 valence electrons. The van der Waals surface area contributed by atoms with Crippen LogP contribution in [0.4, 0.5) is 0 Å². The van der Waals surface area contributed by atoms with Crippen molar-refractivity contribution in [3.05, 3.63) is 24.3 Å². The Balaban J connectivity index is 2.47. The van der Waals surface area contributed by atoms with Gasteiger partial charge in [0, 0.05) is 18.9 Å². The Morgan fingerprint density at radius 3 is 2.60 bits per heavy atom. The fourth-order valence-electron chi connectivity index (χ4n) is 0.829. The van der Waals surface area contributed by atoms with Crippen LogP contribution in [0.15, 0.2) is 18.5 Å². The number of rotatable bonds is 4. The molecular weight excluding hydrogens is 198 g/mol. The van der Waals surface area contributed by atoms with Gasteiger partial charge in [-0.1, -0.05) is 6.92 Å². The highest BCUT2D eigenvalue weighted by molar-refractivity contribution is 5.90. The van der Waals surface area contributed by atoms with Gasteiger partial charge in [0.25, 0.3) is 5.91 Å². The summed E-state index contributed by atoms with van der Waals surface area (Å²) in [5, 5.41) is 11.0. The maximum absolute atomic E-state index is 11.3. The molecule has 0 aliphatic heterocycles. The van der Waals surface area contributed by atoms with Gasteiger partial charge in [0.15, 0.2) is 0 Å². The van der Waals surface area contributed by atoms with Gasteiger partial charge in [0.1, 0.15) is 0 Å². The molecular formula is C9H11N3O3. The fourth-order valence-corrected chi connectivity index (χ4v) is 0.829. The van der Waals surface area contributed by atoms with E-state index in [1.165, 1.54) is 19.3 Å². The van der Waals surface area contributed by atoms with Gasteiger partial charge in [-0.3, -0.25) is 9.59 Å². The summed E-state index contributed by atoms with van der Waals surface area (Å²) >= 11 is 0. The molecule has 0 aliphatic rings. The Bertz CT molecular complexity index is 353. The molecule has 1 atom stereocenters. The Morgan fingerprint density at radius 2 is 2.07 bits per heavy atom. The smallest absolute Gasteiger partial charge is 0.308 e. The highest BCUT2D eigenvalue weighted by atomic mass is 16.4. The predicted octanol–water partition coefficient (Wildman–Crippen LogP) is -0.0729. The number of nitrogens with zero attached hydrogens (tertiary/aromatic N) is 2. The number of aromatic nitrogens is 2. The van der Waals surface area contributed by atoms with Crippen LogP contribution in [-0.2, 0) is 4.79 Å². The summed E-state index contributed by atoms with van der Waals surface area (Å²) in [6.07, 6.45) is 2.89.